The second-order valence-corrected chi connectivity index (χ2v) is 15.0. The summed E-state index contributed by atoms with van der Waals surface area (Å²) in [5.74, 6) is 0. The first-order chi connectivity index (χ1) is 26.0. The van der Waals surface area contributed by atoms with Crippen LogP contribution < -0.4 is 4.90 Å². The van der Waals surface area contributed by atoms with E-state index in [4.69, 9.17) is 0 Å². The molecule has 0 unspecified atom stereocenters. The molecule has 2 aliphatic carbocycles. The van der Waals surface area contributed by atoms with Crippen LogP contribution in [0.25, 0.3) is 60.8 Å². The van der Waals surface area contributed by atoms with Crippen LogP contribution >= 0.6 is 0 Å². The normalized spacial score (nSPS) is 14.6. The van der Waals surface area contributed by atoms with Crippen LogP contribution in [0, 0.1) is 0 Å². The molecule has 10 rings (SSSR count). The van der Waals surface area contributed by atoms with Crippen molar-refractivity contribution in [3.8, 4) is 33.4 Å². The van der Waals surface area contributed by atoms with Crippen molar-refractivity contribution in [3.63, 3.8) is 0 Å². The number of aromatic amines is 1. The number of allylic oxidation sites excluding steroid dienone is 4. The van der Waals surface area contributed by atoms with E-state index in [0.29, 0.717) is 0 Å². The summed E-state index contributed by atoms with van der Waals surface area (Å²) in [5, 5.41) is 2.50. The van der Waals surface area contributed by atoms with Crippen LogP contribution in [-0.2, 0) is 5.41 Å². The lowest BCUT2D eigenvalue weighted by Crippen LogP contribution is -2.22. The molecule has 1 aromatic heterocycles. The van der Waals surface area contributed by atoms with Gasteiger partial charge in [-0.1, -0.05) is 135 Å². The number of rotatable bonds is 6. The SMILES string of the molecule is CC1(C)C2=C(CCC(N(c3ccc(-c4ccccc4)cc3)c3ccc(-c4ccc5[nH]c6ccc(-c7ccccc7)cc6c5c4)cc3)=C2)c2ccccc21. The second-order valence-electron chi connectivity index (χ2n) is 15.0. The van der Waals surface area contributed by atoms with E-state index in [0.717, 1.165) is 23.9 Å². The Morgan fingerprint density at radius 2 is 0.943 bits per heavy atom. The molecule has 0 atom stereocenters. The first-order valence-corrected chi connectivity index (χ1v) is 18.7. The summed E-state index contributed by atoms with van der Waals surface area (Å²) in [7, 11) is 0. The molecule has 1 N–H and O–H groups in total. The van der Waals surface area contributed by atoms with Gasteiger partial charge in [-0.2, -0.15) is 0 Å². The van der Waals surface area contributed by atoms with E-state index in [2.05, 4.69) is 200 Å². The molecule has 0 amide bonds. The van der Waals surface area contributed by atoms with Crippen molar-refractivity contribution in [2.45, 2.75) is 32.1 Å². The number of anilines is 2. The van der Waals surface area contributed by atoms with Gasteiger partial charge in [-0.05, 0) is 123 Å². The minimum Gasteiger partial charge on any atom is -0.355 e. The lowest BCUT2D eigenvalue weighted by molar-refractivity contribution is 0.648. The third-order valence-electron chi connectivity index (χ3n) is 11.6. The van der Waals surface area contributed by atoms with Gasteiger partial charge in [0.15, 0.2) is 0 Å². The van der Waals surface area contributed by atoms with E-state index in [9.17, 15) is 0 Å². The fourth-order valence-electron chi connectivity index (χ4n) is 8.77. The van der Waals surface area contributed by atoms with Gasteiger partial charge in [-0.3, -0.25) is 0 Å². The molecule has 0 aliphatic heterocycles. The first-order valence-electron chi connectivity index (χ1n) is 18.7. The van der Waals surface area contributed by atoms with Gasteiger partial charge in [0.1, 0.15) is 0 Å². The third kappa shape index (κ3) is 5.33. The summed E-state index contributed by atoms with van der Waals surface area (Å²) < 4.78 is 0. The topological polar surface area (TPSA) is 19.0 Å². The van der Waals surface area contributed by atoms with E-state index in [1.165, 1.54) is 83.5 Å². The van der Waals surface area contributed by atoms with E-state index in [1.807, 2.05) is 0 Å². The van der Waals surface area contributed by atoms with Crippen LogP contribution in [0.15, 0.2) is 187 Å². The number of fused-ring (bicyclic) bond motifs is 5. The van der Waals surface area contributed by atoms with Crippen LogP contribution in [0.3, 0.4) is 0 Å². The molecule has 8 aromatic rings. The number of nitrogens with zero attached hydrogens (tertiary/aromatic N) is 1. The second kappa shape index (κ2) is 12.4. The predicted molar refractivity (Wildman–Crippen MR) is 224 cm³/mol. The van der Waals surface area contributed by atoms with Crippen molar-refractivity contribution in [1.82, 2.24) is 4.98 Å². The molecule has 2 nitrogen and oxygen atoms in total. The van der Waals surface area contributed by atoms with Gasteiger partial charge in [0.05, 0.1) is 0 Å². The van der Waals surface area contributed by atoms with Gasteiger partial charge >= 0.3 is 0 Å². The van der Waals surface area contributed by atoms with Crippen LogP contribution in [-0.4, -0.2) is 4.98 Å². The monoisotopic (exact) mass is 680 g/mol. The zero-order valence-corrected chi connectivity index (χ0v) is 30.1. The molecule has 0 spiro atoms. The van der Waals surface area contributed by atoms with Crippen molar-refractivity contribution < 1.29 is 0 Å². The van der Waals surface area contributed by atoms with Gasteiger partial charge in [0.2, 0.25) is 0 Å². The van der Waals surface area contributed by atoms with E-state index >= 15 is 0 Å². The fourth-order valence-corrected chi connectivity index (χ4v) is 8.77. The summed E-state index contributed by atoms with van der Waals surface area (Å²) in [4.78, 5) is 6.12. The summed E-state index contributed by atoms with van der Waals surface area (Å²) in [5.41, 5.74) is 19.1. The highest BCUT2D eigenvalue weighted by molar-refractivity contribution is 6.09. The molecule has 0 saturated heterocycles. The number of nitrogens with one attached hydrogen (secondary N) is 1. The lowest BCUT2D eigenvalue weighted by Gasteiger charge is -2.33. The minimum atomic E-state index is -0.0345. The zero-order valence-electron chi connectivity index (χ0n) is 30.1. The maximum atomic E-state index is 3.64. The average molecular weight is 681 g/mol. The number of hydrogen-bond donors (Lipinski definition) is 1. The van der Waals surface area contributed by atoms with E-state index in [1.54, 1.807) is 0 Å². The van der Waals surface area contributed by atoms with Crippen molar-refractivity contribution in [2.24, 2.45) is 0 Å². The average Bonchev–Trinajstić information content (AvgIpc) is 3.70. The van der Waals surface area contributed by atoms with Crippen LogP contribution in [0.5, 0.6) is 0 Å². The highest BCUT2D eigenvalue weighted by Gasteiger charge is 2.38. The molecule has 2 heteroatoms. The van der Waals surface area contributed by atoms with Crippen molar-refractivity contribution in [1.29, 1.82) is 0 Å². The molecule has 2 aliphatic rings. The molecule has 0 saturated carbocycles. The highest BCUT2D eigenvalue weighted by Crippen LogP contribution is 2.52. The molecule has 254 valence electrons. The molecule has 7 aromatic carbocycles. The Morgan fingerprint density at radius 1 is 0.472 bits per heavy atom. The molecule has 1 heterocycles. The van der Waals surface area contributed by atoms with Crippen molar-refractivity contribution in [3.05, 3.63) is 198 Å². The molecule has 0 fully saturated rings. The molecule has 0 bridgehead atoms. The Morgan fingerprint density at radius 3 is 1.53 bits per heavy atom. The van der Waals surface area contributed by atoms with Gasteiger partial charge in [-0.15, -0.1) is 0 Å². The maximum Gasteiger partial charge on any atom is 0.0465 e. The van der Waals surface area contributed by atoms with E-state index < -0.39 is 0 Å². The van der Waals surface area contributed by atoms with E-state index in [-0.39, 0.29) is 5.41 Å². The maximum absolute atomic E-state index is 3.64. The lowest BCUT2D eigenvalue weighted by atomic mass is 9.79. The zero-order chi connectivity index (χ0) is 35.5. The Hall–Kier alpha value is -6.38. The fraction of sp³-hybridized carbons (Fsp3) is 0.0980. The number of hydrogen-bond acceptors (Lipinski definition) is 1. The number of benzene rings is 7. The number of aromatic nitrogens is 1. The van der Waals surface area contributed by atoms with Crippen molar-refractivity contribution in [2.75, 3.05) is 4.90 Å². The summed E-state index contributed by atoms with van der Waals surface area (Å²) >= 11 is 0. The Bertz CT molecular complexity index is 2710. The van der Waals surface area contributed by atoms with Crippen LogP contribution in [0.1, 0.15) is 37.8 Å². The molecular weight excluding hydrogens is 641 g/mol. The number of H-pyrrole nitrogens is 1. The standard InChI is InChI=1S/C51H40N2/c1-51(2)47-16-10-9-15-43(47)44-28-27-42(33-48(44)51)53(40-23-17-36(18-24-40)34-11-5-3-6-12-34)41-25-19-37(20-26-41)39-22-30-50-46(32-39)45-31-38(21-29-49(45)52-50)35-13-7-4-8-14-35/h3-26,29-33,52H,27-28H2,1-2H3. The molecule has 53 heavy (non-hydrogen) atoms. The van der Waals surface area contributed by atoms with Gasteiger partial charge in [0.25, 0.3) is 0 Å². The van der Waals surface area contributed by atoms with Crippen LogP contribution in [0.2, 0.25) is 0 Å². The minimum absolute atomic E-state index is 0.0345. The third-order valence-corrected chi connectivity index (χ3v) is 11.6. The summed E-state index contributed by atoms with van der Waals surface area (Å²) in [6.07, 6.45) is 4.51. The smallest absolute Gasteiger partial charge is 0.0465 e. The predicted octanol–water partition coefficient (Wildman–Crippen LogP) is 13.9. The van der Waals surface area contributed by atoms with Gasteiger partial charge in [-0.25, -0.2) is 0 Å². The van der Waals surface area contributed by atoms with Crippen molar-refractivity contribution >= 4 is 38.8 Å². The molecule has 0 radical (unpaired) electrons. The van der Waals surface area contributed by atoms with Gasteiger partial charge in [0, 0.05) is 44.3 Å². The Balaban J connectivity index is 1.04. The quantitative estimate of drug-likeness (QED) is 0.185. The van der Waals surface area contributed by atoms with Gasteiger partial charge < -0.3 is 9.88 Å². The molecular formula is C51H40N2. The summed E-state index contributed by atoms with van der Waals surface area (Å²) in [6, 6.07) is 62.1. The largest absolute Gasteiger partial charge is 0.355 e. The first kappa shape index (κ1) is 31.4. The Kier molecular flexibility index (Phi) is 7.33. The van der Waals surface area contributed by atoms with Crippen LogP contribution in [0.4, 0.5) is 11.4 Å². The summed E-state index contributed by atoms with van der Waals surface area (Å²) in [6.45, 7) is 4.77. The highest BCUT2D eigenvalue weighted by atomic mass is 15.1. The Labute approximate surface area is 311 Å².